The molecule has 0 aliphatic heterocycles. The second kappa shape index (κ2) is 17.2. The van der Waals surface area contributed by atoms with Gasteiger partial charge in [-0.1, -0.05) is 76.9 Å². The molecule has 0 rings (SSSR count). The zero-order chi connectivity index (χ0) is 14.0. The van der Waals surface area contributed by atoms with Crippen LogP contribution in [0.25, 0.3) is 0 Å². The fourth-order valence-electron chi connectivity index (χ4n) is 2.26. The van der Waals surface area contributed by atoms with Gasteiger partial charge < -0.3 is 0 Å². The van der Waals surface area contributed by atoms with Crippen molar-refractivity contribution in [2.75, 3.05) is 0 Å². The van der Waals surface area contributed by atoms with E-state index in [0.717, 1.165) is 12.8 Å². The molecule has 19 heavy (non-hydrogen) atoms. The highest BCUT2D eigenvalue weighted by Gasteiger charge is 1.92. The van der Waals surface area contributed by atoms with E-state index in [2.05, 4.69) is 25.1 Å². The van der Waals surface area contributed by atoms with Gasteiger partial charge in [-0.05, 0) is 25.7 Å². The Bertz CT molecular complexity index is 224. The summed E-state index contributed by atoms with van der Waals surface area (Å²) in [6, 6.07) is 2.21. The molecule has 0 fully saturated rings. The molecule has 0 heterocycles. The number of nitriles is 1. The minimum Gasteiger partial charge on any atom is -0.198 e. The maximum absolute atomic E-state index is 8.42. The Kier molecular flexibility index (Phi) is 16.5. The first-order valence-corrected chi connectivity index (χ1v) is 8.43. The van der Waals surface area contributed by atoms with Gasteiger partial charge in [0.05, 0.1) is 6.07 Å². The van der Waals surface area contributed by atoms with Crippen LogP contribution in [0.5, 0.6) is 0 Å². The van der Waals surface area contributed by atoms with Crippen LogP contribution in [0.4, 0.5) is 0 Å². The lowest BCUT2D eigenvalue weighted by Gasteiger charge is -2.01. The fraction of sp³-hybridized carbons (Fsp3) is 0.833. The van der Waals surface area contributed by atoms with Crippen LogP contribution in [0.3, 0.4) is 0 Å². The number of allylic oxidation sites excluding steroid dienone is 2. The normalized spacial score (nSPS) is 10.9. The van der Waals surface area contributed by atoms with Crippen LogP contribution in [-0.2, 0) is 0 Å². The Morgan fingerprint density at radius 3 is 1.68 bits per heavy atom. The maximum atomic E-state index is 8.42. The second-order valence-corrected chi connectivity index (χ2v) is 5.49. The van der Waals surface area contributed by atoms with Gasteiger partial charge in [-0.15, -0.1) is 0 Å². The molecule has 0 aromatic rings. The number of nitrogens with zero attached hydrogens (tertiary/aromatic N) is 1. The quantitative estimate of drug-likeness (QED) is 0.257. The molecule has 0 unspecified atom stereocenters. The molecule has 0 atom stereocenters. The summed E-state index contributed by atoms with van der Waals surface area (Å²) in [5, 5.41) is 8.42. The van der Waals surface area contributed by atoms with E-state index >= 15 is 0 Å². The van der Waals surface area contributed by atoms with Crippen molar-refractivity contribution in [3.05, 3.63) is 12.2 Å². The number of unbranched alkanes of at least 4 members (excludes halogenated alkanes) is 12. The van der Waals surface area contributed by atoms with Gasteiger partial charge in [-0.2, -0.15) is 5.26 Å². The average Bonchev–Trinajstić information content (AvgIpc) is 2.43. The summed E-state index contributed by atoms with van der Waals surface area (Å²) in [5.41, 5.74) is 0. The lowest BCUT2D eigenvalue weighted by molar-refractivity contribution is 0.562. The molecule has 0 saturated carbocycles. The van der Waals surface area contributed by atoms with Crippen molar-refractivity contribution in [1.29, 1.82) is 5.26 Å². The topological polar surface area (TPSA) is 23.8 Å². The Balaban J connectivity index is 2.99. The van der Waals surface area contributed by atoms with Crippen molar-refractivity contribution in [2.24, 2.45) is 0 Å². The van der Waals surface area contributed by atoms with Crippen molar-refractivity contribution in [3.63, 3.8) is 0 Å². The molecule has 0 spiro atoms. The van der Waals surface area contributed by atoms with Gasteiger partial charge in [0.15, 0.2) is 0 Å². The van der Waals surface area contributed by atoms with Crippen molar-refractivity contribution in [2.45, 2.75) is 96.8 Å². The van der Waals surface area contributed by atoms with Crippen LogP contribution in [-0.4, -0.2) is 0 Å². The SMILES string of the molecule is CCCC/C=C\CCCCCCCCCCCC#N. The van der Waals surface area contributed by atoms with Gasteiger partial charge in [0.25, 0.3) is 0 Å². The van der Waals surface area contributed by atoms with Crippen molar-refractivity contribution >= 4 is 0 Å². The standard InChI is InChI=1S/C18H33N/c1-2-3-4-5-6-7-8-9-10-11-12-13-14-15-16-17-18-19/h5-6H,2-4,7-17H2,1H3/b6-5-. The lowest BCUT2D eigenvalue weighted by atomic mass is 10.1. The number of hydrogen-bond donors (Lipinski definition) is 0. The molecule has 0 aromatic heterocycles. The first kappa shape index (κ1) is 18.2. The van der Waals surface area contributed by atoms with Crippen LogP contribution in [0.2, 0.25) is 0 Å². The molecule has 1 heteroatoms. The fourth-order valence-corrected chi connectivity index (χ4v) is 2.26. The van der Waals surface area contributed by atoms with E-state index in [-0.39, 0.29) is 0 Å². The molecule has 110 valence electrons. The van der Waals surface area contributed by atoms with Crippen LogP contribution >= 0.6 is 0 Å². The van der Waals surface area contributed by atoms with Gasteiger partial charge >= 0.3 is 0 Å². The Morgan fingerprint density at radius 1 is 0.684 bits per heavy atom. The molecular formula is C18H33N. The predicted octanol–water partition coefficient (Wildman–Crippen LogP) is 6.55. The van der Waals surface area contributed by atoms with Crippen LogP contribution < -0.4 is 0 Å². The third kappa shape index (κ3) is 17.2. The highest BCUT2D eigenvalue weighted by Crippen LogP contribution is 2.11. The summed E-state index contributed by atoms with van der Waals surface area (Å²) in [7, 11) is 0. The molecular weight excluding hydrogens is 230 g/mol. The molecule has 0 bridgehead atoms. The molecule has 0 amide bonds. The van der Waals surface area contributed by atoms with Crippen LogP contribution in [0.15, 0.2) is 12.2 Å². The zero-order valence-electron chi connectivity index (χ0n) is 13.0. The first-order chi connectivity index (χ1) is 9.41. The molecule has 0 aliphatic carbocycles. The second-order valence-electron chi connectivity index (χ2n) is 5.49. The molecule has 0 aliphatic rings. The Hall–Kier alpha value is -0.770. The predicted molar refractivity (Wildman–Crippen MR) is 85.1 cm³/mol. The minimum atomic E-state index is 0.742. The highest BCUT2D eigenvalue weighted by atomic mass is 14.2. The third-order valence-electron chi connectivity index (χ3n) is 3.55. The smallest absolute Gasteiger partial charge is 0.0621 e. The van der Waals surface area contributed by atoms with E-state index in [9.17, 15) is 0 Å². The number of hydrogen-bond acceptors (Lipinski definition) is 1. The monoisotopic (exact) mass is 263 g/mol. The summed E-state index contributed by atoms with van der Waals surface area (Å²) < 4.78 is 0. The zero-order valence-corrected chi connectivity index (χ0v) is 13.0. The van der Waals surface area contributed by atoms with Crippen molar-refractivity contribution < 1.29 is 0 Å². The lowest BCUT2D eigenvalue weighted by Crippen LogP contribution is -1.81. The van der Waals surface area contributed by atoms with E-state index in [1.165, 1.54) is 77.0 Å². The van der Waals surface area contributed by atoms with Gasteiger partial charge in [-0.25, -0.2) is 0 Å². The van der Waals surface area contributed by atoms with E-state index in [4.69, 9.17) is 5.26 Å². The Labute approximate surface area is 121 Å². The third-order valence-corrected chi connectivity index (χ3v) is 3.55. The van der Waals surface area contributed by atoms with E-state index in [1.54, 1.807) is 0 Å². The summed E-state index contributed by atoms with van der Waals surface area (Å²) in [6.07, 6.45) is 22.6. The molecule has 0 aromatic carbocycles. The minimum absolute atomic E-state index is 0.742. The summed E-state index contributed by atoms with van der Waals surface area (Å²) in [6.45, 7) is 2.25. The van der Waals surface area contributed by atoms with E-state index in [0.29, 0.717) is 0 Å². The summed E-state index contributed by atoms with van der Waals surface area (Å²) in [4.78, 5) is 0. The van der Waals surface area contributed by atoms with Gasteiger partial charge in [0, 0.05) is 6.42 Å². The average molecular weight is 263 g/mol. The number of rotatable bonds is 14. The molecule has 1 nitrogen and oxygen atoms in total. The van der Waals surface area contributed by atoms with Crippen molar-refractivity contribution in [1.82, 2.24) is 0 Å². The molecule has 0 saturated heterocycles. The first-order valence-electron chi connectivity index (χ1n) is 8.43. The van der Waals surface area contributed by atoms with Gasteiger partial charge in [0.2, 0.25) is 0 Å². The highest BCUT2D eigenvalue weighted by molar-refractivity contribution is 4.81. The largest absolute Gasteiger partial charge is 0.198 e. The maximum Gasteiger partial charge on any atom is 0.0621 e. The van der Waals surface area contributed by atoms with E-state index < -0.39 is 0 Å². The summed E-state index contributed by atoms with van der Waals surface area (Å²) in [5.74, 6) is 0. The van der Waals surface area contributed by atoms with E-state index in [1.807, 2.05) is 0 Å². The van der Waals surface area contributed by atoms with Crippen molar-refractivity contribution in [3.8, 4) is 6.07 Å². The van der Waals surface area contributed by atoms with Gasteiger partial charge in [0.1, 0.15) is 0 Å². The summed E-state index contributed by atoms with van der Waals surface area (Å²) >= 11 is 0. The molecule has 0 N–H and O–H groups in total. The van der Waals surface area contributed by atoms with Crippen LogP contribution in [0, 0.1) is 11.3 Å². The van der Waals surface area contributed by atoms with Crippen LogP contribution in [0.1, 0.15) is 96.8 Å². The van der Waals surface area contributed by atoms with Gasteiger partial charge in [-0.3, -0.25) is 0 Å². The Morgan fingerprint density at radius 2 is 1.16 bits per heavy atom. The molecule has 0 radical (unpaired) electrons.